The van der Waals surface area contributed by atoms with Gasteiger partial charge in [0.25, 0.3) is 5.56 Å². The third-order valence-corrected chi connectivity index (χ3v) is 6.71. The molecule has 0 fully saturated rings. The molecular formula is C28H19N3O4S. The minimum absolute atomic E-state index is 0.273. The molecule has 2 aromatic heterocycles. The molecule has 8 heteroatoms. The van der Waals surface area contributed by atoms with Gasteiger partial charge in [-0.05, 0) is 41.5 Å². The quantitative estimate of drug-likeness (QED) is 0.272. The first kappa shape index (κ1) is 21.9. The van der Waals surface area contributed by atoms with E-state index in [1.54, 1.807) is 24.3 Å². The van der Waals surface area contributed by atoms with E-state index < -0.39 is 5.97 Å². The van der Waals surface area contributed by atoms with Crippen molar-refractivity contribution in [3.05, 3.63) is 110 Å². The van der Waals surface area contributed by atoms with Crippen LogP contribution in [0.1, 0.15) is 24.2 Å². The van der Waals surface area contributed by atoms with E-state index in [1.165, 1.54) is 22.8 Å². The van der Waals surface area contributed by atoms with E-state index >= 15 is 0 Å². The standard InChI is InChI=1S/C28H19N3O4S/c1-17(32)34-23-14-8-6-12-21(23)26-29-28-31(30-26)27(33)24(36-28)16-20-15-19-11-5-7-13-22(19)35-25(20)18-9-3-2-4-10-18/h2-16,25H,1H3/b24-16+. The lowest BCUT2D eigenvalue weighted by atomic mass is 9.96. The molecule has 1 aliphatic heterocycles. The molecular weight excluding hydrogens is 474 g/mol. The Labute approximate surface area is 209 Å². The number of carbonyl (C=O) groups is 1. The molecule has 1 atom stereocenters. The molecule has 0 saturated carbocycles. The zero-order valence-corrected chi connectivity index (χ0v) is 19.9. The number of nitrogens with zero attached hydrogens (tertiary/aromatic N) is 3. The van der Waals surface area contributed by atoms with Crippen LogP contribution in [0.5, 0.6) is 11.5 Å². The Balaban J connectivity index is 1.45. The van der Waals surface area contributed by atoms with Gasteiger partial charge in [0.2, 0.25) is 4.96 Å². The number of hydrogen-bond acceptors (Lipinski definition) is 7. The molecule has 5 aromatic rings. The summed E-state index contributed by atoms with van der Waals surface area (Å²) in [5.41, 5.74) is 3.07. The van der Waals surface area contributed by atoms with Gasteiger partial charge < -0.3 is 9.47 Å². The van der Waals surface area contributed by atoms with Crippen LogP contribution in [0.25, 0.3) is 28.5 Å². The molecule has 1 aliphatic rings. The normalized spacial score (nSPS) is 15.3. The van der Waals surface area contributed by atoms with E-state index in [2.05, 4.69) is 10.1 Å². The van der Waals surface area contributed by atoms with Gasteiger partial charge in [-0.2, -0.15) is 9.50 Å². The first-order valence-electron chi connectivity index (χ1n) is 11.3. The third kappa shape index (κ3) is 3.97. The maximum Gasteiger partial charge on any atom is 0.308 e. The lowest BCUT2D eigenvalue weighted by molar-refractivity contribution is -0.131. The first-order valence-corrected chi connectivity index (χ1v) is 12.1. The highest BCUT2D eigenvalue weighted by atomic mass is 32.1. The smallest absolute Gasteiger partial charge is 0.308 e. The van der Waals surface area contributed by atoms with Crippen LogP contribution in [-0.4, -0.2) is 20.6 Å². The first-order chi connectivity index (χ1) is 17.6. The molecule has 3 aromatic carbocycles. The van der Waals surface area contributed by atoms with E-state index in [1.807, 2.05) is 66.7 Å². The molecule has 176 valence electrons. The summed E-state index contributed by atoms with van der Waals surface area (Å²) in [4.78, 5) is 29.8. The number of para-hydroxylation sites is 2. The van der Waals surface area contributed by atoms with Crippen molar-refractivity contribution in [2.75, 3.05) is 0 Å². The molecule has 0 saturated heterocycles. The summed E-state index contributed by atoms with van der Waals surface area (Å²) >= 11 is 1.25. The van der Waals surface area contributed by atoms with Crippen LogP contribution < -0.4 is 19.6 Å². The molecule has 0 N–H and O–H groups in total. The highest BCUT2D eigenvalue weighted by molar-refractivity contribution is 7.15. The predicted octanol–water partition coefficient (Wildman–Crippen LogP) is 4.46. The number of esters is 1. The predicted molar refractivity (Wildman–Crippen MR) is 138 cm³/mol. The average molecular weight is 494 g/mol. The molecule has 0 bridgehead atoms. The molecule has 36 heavy (non-hydrogen) atoms. The summed E-state index contributed by atoms with van der Waals surface area (Å²) in [6.07, 6.45) is 3.55. The summed E-state index contributed by atoms with van der Waals surface area (Å²) in [5.74, 6) is 1.02. The number of aromatic nitrogens is 3. The number of thiazole rings is 1. The molecule has 6 rings (SSSR count). The van der Waals surface area contributed by atoms with Crippen molar-refractivity contribution >= 4 is 34.4 Å². The number of ether oxygens (including phenoxy) is 2. The van der Waals surface area contributed by atoms with Crippen LogP contribution in [0.15, 0.2) is 89.2 Å². The van der Waals surface area contributed by atoms with Gasteiger partial charge in [-0.3, -0.25) is 9.59 Å². The molecule has 0 amide bonds. The Morgan fingerprint density at radius 1 is 1.03 bits per heavy atom. The molecule has 0 aliphatic carbocycles. The Bertz CT molecular complexity index is 1750. The van der Waals surface area contributed by atoms with Gasteiger partial charge in [0.15, 0.2) is 5.82 Å². The zero-order chi connectivity index (χ0) is 24.6. The van der Waals surface area contributed by atoms with Gasteiger partial charge in [-0.15, -0.1) is 5.10 Å². The van der Waals surface area contributed by atoms with Crippen molar-refractivity contribution in [2.24, 2.45) is 0 Å². The van der Waals surface area contributed by atoms with E-state index in [0.717, 1.165) is 22.4 Å². The minimum atomic E-state index is -0.442. The van der Waals surface area contributed by atoms with Gasteiger partial charge >= 0.3 is 5.97 Å². The third-order valence-electron chi connectivity index (χ3n) is 5.75. The van der Waals surface area contributed by atoms with Crippen molar-refractivity contribution in [3.8, 4) is 22.9 Å². The second kappa shape index (κ2) is 8.90. The zero-order valence-electron chi connectivity index (χ0n) is 19.1. The summed E-state index contributed by atoms with van der Waals surface area (Å²) in [6, 6.07) is 24.7. The van der Waals surface area contributed by atoms with Crippen LogP contribution in [0, 0.1) is 0 Å². The van der Waals surface area contributed by atoms with Gasteiger partial charge in [0.1, 0.15) is 17.6 Å². The Kier molecular flexibility index (Phi) is 5.42. The number of rotatable bonds is 4. The van der Waals surface area contributed by atoms with Gasteiger partial charge in [-0.25, -0.2) is 0 Å². The SMILES string of the molecule is CC(=O)Oc1ccccc1-c1nc2s/c(=C/C3=Cc4ccccc4OC3c3ccccc3)c(=O)n2n1. The number of benzene rings is 3. The lowest BCUT2D eigenvalue weighted by Gasteiger charge is -2.26. The van der Waals surface area contributed by atoms with Crippen LogP contribution in [0.4, 0.5) is 0 Å². The van der Waals surface area contributed by atoms with Crippen LogP contribution in [-0.2, 0) is 4.79 Å². The van der Waals surface area contributed by atoms with E-state index in [9.17, 15) is 9.59 Å². The topological polar surface area (TPSA) is 82.8 Å². The van der Waals surface area contributed by atoms with Gasteiger partial charge in [-0.1, -0.05) is 72.0 Å². The van der Waals surface area contributed by atoms with Crippen LogP contribution >= 0.6 is 11.3 Å². The monoisotopic (exact) mass is 493 g/mol. The largest absolute Gasteiger partial charge is 0.480 e. The van der Waals surface area contributed by atoms with Gasteiger partial charge in [0.05, 0.1) is 10.1 Å². The van der Waals surface area contributed by atoms with E-state index in [0.29, 0.717) is 26.6 Å². The summed E-state index contributed by atoms with van der Waals surface area (Å²) < 4.78 is 13.4. The van der Waals surface area contributed by atoms with Gasteiger partial charge in [0, 0.05) is 12.5 Å². The highest BCUT2D eigenvalue weighted by Crippen LogP contribution is 2.38. The maximum absolute atomic E-state index is 13.3. The molecule has 0 radical (unpaired) electrons. The Morgan fingerprint density at radius 2 is 1.78 bits per heavy atom. The van der Waals surface area contributed by atoms with E-state index in [-0.39, 0.29) is 11.7 Å². The van der Waals surface area contributed by atoms with Crippen molar-refractivity contribution in [1.82, 2.24) is 14.6 Å². The molecule has 1 unspecified atom stereocenters. The summed E-state index contributed by atoms with van der Waals surface area (Å²) in [7, 11) is 0. The van der Waals surface area contributed by atoms with Crippen molar-refractivity contribution in [1.29, 1.82) is 0 Å². The average Bonchev–Trinajstić information content (AvgIpc) is 3.43. The van der Waals surface area contributed by atoms with Crippen molar-refractivity contribution < 1.29 is 14.3 Å². The fourth-order valence-corrected chi connectivity index (χ4v) is 5.07. The fourth-order valence-electron chi connectivity index (χ4n) is 4.16. The summed E-state index contributed by atoms with van der Waals surface area (Å²) in [6.45, 7) is 1.33. The number of hydrogen-bond donors (Lipinski definition) is 0. The minimum Gasteiger partial charge on any atom is -0.480 e. The van der Waals surface area contributed by atoms with Crippen molar-refractivity contribution in [3.63, 3.8) is 0 Å². The second-order valence-corrected chi connectivity index (χ2v) is 9.24. The second-order valence-electron chi connectivity index (χ2n) is 8.23. The number of fused-ring (bicyclic) bond motifs is 2. The molecule has 7 nitrogen and oxygen atoms in total. The lowest BCUT2D eigenvalue weighted by Crippen LogP contribution is -2.25. The van der Waals surface area contributed by atoms with E-state index in [4.69, 9.17) is 9.47 Å². The Morgan fingerprint density at radius 3 is 2.58 bits per heavy atom. The van der Waals surface area contributed by atoms with Crippen LogP contribution in [0.3, 0.4) is 0 Å². The maximum atomic E-state index is 13.3. The fraction of sp³-hybridized carbons (Fsp3) is 0.0714. The van der Waals surface area contributed by atoms with Crippen molar-refractivity contribution in [2.45, 2.75) is 13.0 Å². The molecule has 0 spiro atoms. The highest BCUT2D eigenvalue weighted by Gasteiger charge is 2.24. The molecule has 3 heterocycles. The van der Waals surface area contributed by atoms with Crippen LogP contribution in [0.2, 0.25) is 0 Å². The summed E-state index contributed by atoms with van der Waals surface area (Å²) in [5, 5.41) is 4.42. The number of carbonyl (C=O) groups excluding carboxylic acids is 1. The Hall–Kier alpha value is -4.56.